The Morgan fingerprint density at radius 2 is 1.94 bits per heavy atom. The largest absolute Gasteiger partial charge is 0.497 e. The smallest absolute Gasteiger partial charge is 0.320 e. The minimum absolute atomic E-state index is 0.00642. The van der Waals surface area contributed by atoms with E-state index in [-0.39, 0.29) is 23.9 Å². The fourth-order valence-corrected chi connectivity index (χ4v) is 4.80. The Hall–Kier alpha value is -3.85. The lowest BCUT2D eigenvalue weighted by Crippen LogP contribution is -2.57. The van der Waals surface area contributed by atoms with Crippen LogP contribution >= 0.6 is 0 Å². The van der Waals surface area contributed by atoms with Gasteiger partial charge in [0.2, 0.25) is 5.91 Å². The van der Waals surface area contributed by atoms with Crippen molar-refractivity contribution >= 4 is 17.8 Å². The monoisotopic (exact) mass is 474 g/mol. The molecule has 0 spiro atoms. The van der Waals surface area contributed by atoms with Crippen molar-refractivity contribution in [2.45, 2.75) is 38.0 Å². The van der Waals surface area contributed by atoms with Gasteiger partial charge in [-0.15, -0.1) is 0 Å². The first-order valence-corrected chi connectivity index (χ1v) is 12.0. The highest BCUT2D eigenvalue weighted by Crippen LogP contribution is 2.31. The van der Waals surface area contributed by atoms with E-state index in [1.165, 1.54) is 0 Å². The zero-order valence-electron chi connectivity index (χ0n) is 19.7. The quantitative estimate of drug-likeness (QED) is 0.420. The molecule has 0 radical (unpaired) electrons. The number of amides is 3. The van der Waals surface area contributed by atoms with Gasteiger partial charge in [0, 0.05) is 24.2 Å². The zero-order valence-corrected chi connectivity index (χ0v) is 19.7. The van der Waals surface area contributed by atoms with Gasteiger partial charge in [-0.05, 0) is 37.0 Å². The number of nitrogens with zero attached hydrogens (tertiary/aromatic N) is 2. The molecule has 1 saturated carbocycles. The molecule has 2 fully saturated rings. The summed E-state index contributed by atoms with van der Waals surface area (Å²) in [6.07, 6.45) is 3.03. The summed E-state index contributed by atoms with van der Waals surface area (Å²) in [6, 6.07) is 19.1. The molecule has 0 bridgehead atoms. The average molecular weight is 475 g/mol. The number of fused-ring (bicyclic) bond motifs is 1. The summed E-state index contributed by atoms with van der Waals surface area (Å²) in [6.45, 7) is 0.472. The number of aromatic nitrogens is 2. The van der Waals surface area contributed by atoms with Gasteiger partial charge in [-0.3, -0.25) is 15.4 Å². The highest BCUT2D eigenvalue weighted by atomic mass is 16.5. The molecule has 2 aromatic carbocycles. The molecule has 5 rings (SSSR count). The molecule has 9 nitrogen and oxygen atoms in total. The maximum absolute atomic E-state index is 12.7. The van der Waals surface area contributed by atoms with Crippen molar-refractivity contribution < 1.29 is 14.3 Å². The van der Waals surface area contributed by atoms with E-state index in [1.807, 2.05) is 60.7 Å². The molecule has 3 amide bonds. The molecule has 1 aromatic heterocycles. The summed E-state index contributed by atoms with van der Waals surface area (Å²) in [5.41, 5.74) is 2.74. The predicted molar refractivity (Wildman–Crippen MR) is 133 cm³/mol. The summed E-state index contributed by atoms with van der Waals surface area (Å²) >= 11 is 0. The molecule has 3 atom stereocenters. The van der Waals surface area contributed by atoms with Gasteiger partial charge in [0.1, 0.15) is 11.6 Å². The highest BCUT2D eigenvalue weighted by molar-refractivity contribution is 5.89. The topological polar surface area (TPSA) is 109 Å². The van der Waals surface area contributed by atoms with E-state index < -0.39 is 6.29 Å². The van der Waals surface area contributed by atoms with Gasteiger partial charge in [0.05, 0.1) is 18.7 Å². The van der Waals surface area contributed by atoms with Gasteiger partial charge in [-0.1, -0.05) is 48.9 Å². The van der Waals surface area contributed by atoms with Crippen molar-refractivity contribution in [2.24, 2.45) is 5.92 Å². The Kier molecular flexibility index (Phi) is 6.67. The molecule has 35 heavy (non-hydrogen) atoms. The Morgan fingerprint density at radius 3 is 2.71 bits per heavy atom. The maximum atomic E-state index is 12.7. The lowest BCUT2D eigenvalue weighted by Gasteiger charge is -2.34. The molecule has 3 aromatic rings. The van der Waals surface area contributed by atoms with Crippen LogP contribution in [0.5, 0.6) is 5.75 Å². The van der Waals surface area contributed by atoms with Crippen LogP contribution in [0.1, 0.15) is 31.1 Å². The molecule has 3 unspecified atom stereocenters. The van der Waals surface area contributed by atoms with Crippen molar-refractivity contribution in [1.82, 2.24) is 25.7 Å². The number of carbonyl (C=O) groups is 2. The first kappa shape index (κ1) is 22.9. The number of ether oxygens (including phenoxy) is 1. The van der Waals surface area contributed by atoms with Gasteiger partial charge in [0.25, 0.3) is 0 Å². The number of rotatable bonds is 7. The van der Waals surface area contributed by atoms with Crippen molar-refractivity contribution in [3.05, 3.63) is 66.2 Å². The van der Waals surface area contributed by atoms with E-state index >= 15 is 0 Å². The van der Waals surface area contributed by atoms with Crippen LogP contribution in [0.3, 0.4) is 0 Å². The Bertz CT molecular complexity index is 1180. The summed E-state index contributed by atoms with van der Waals surface area (Å²) < 4.78 is 6.83. The van der Waals surface area contributed by atoms with Gasteiger partial charge < -0.3 is 15.4 Å². The minimum atomic E-state index is -0.533. The number of nitrogens with one attached hydrogen (secondary N) is 4. The SMILES string of the molecule is COc1ccc(CCNC(=O)Nc2cc(-c3ccccc3)nn2C2NC(=O)C3CCCC3N2)cc1. The van der Waals surface area contributed by atoms with E-state index in [9.17, 15) is 9.59 Å². The van der Waals surface area contributed by atoms with Crippen LogP contribution in [0.4, 0.5) is 10.6 Å². The average Bonchev–Trinajstić information content (AvgIpc) is 3.53. The molecule has 2 aliphatic rings. The van der Waals surface area contributed by atoms with E-state index in [0.29, 0.717) is 24.5 Å². The number of hydrogen-bond donors (Lipinski definition) is 4. The Labute approximate surface area is 204 Å². The third kappa shape index (κ3) is 5.14. The predicted octanol–water partition coefficient (Wildman–Crippen LogP) is 3.27. The van der Waals surface area contributed by atoms with Crippen LogP contribution in [0.15, 0.2) is 60.7 Å². The summed E-state index contributed by atoms with van der Waals surface area (Å²) in [4.78, 5) is 25.4. The number of carbonyl (C=O) groups excluding carboxylic acids is 2. The number of methoxy groups -OCH3 is 1. The molecule has 4 N–H and O–H groups in total. The van der Waals surface area contributed by atoms with Gasteiger partial charge in [0.15, 0.2) is 6.29 Å². The molecule has 2 heterocycles. The van der Waals surface area contributed by atoms with E-state index in [2.05, 4.69) is 21.3 Å². The van der Waals surface area contributed by atoms with Crippen molar-refractivity contribution in [3.63, 3.8) is 0 Å². The van der Waals surface area contributed by atoms with E-state index in [4.69, 9.17) is 9.84 Å². The first-order chi connectivity index (χ1) is 17.1. The van der Waals surface area contributed by atoms with Crippen LogP contribution < -0.4 is 26.0 Å². The molecular weight excluding hydrogens is 444 g/mol. The molecule has 182 valence electrons. The molecular formula is C26H30N6O3. The van der Waals surface area contributed by atoms with Crippen LogP contribution in [0, 0.1) is 5.92 Å². The summed E-state index contributed by atoms with van der Waals surface area (Å²) in [5, 5.41) is 17.1. The molecule has 1 aliphatic carbocycles. The zero-order chi connectivity index (χ0) is 24.2. The minimum Gasteiger partial charge on any atom is -0.497 e. The third-order valence-electron chi connectivity index (χ3n) is 6.65. The van der Waals surface area contributed by atoms with Crippen LogP contribution in [-0.2, 0) is 11.2 Å². The Balaban J connectivity index is 1.29. The number of benzene rings is 2. The van der Waals surface area contributed by atoms with Gasteiger partial charge in [-0.25, -0.2) is 9.48 Å². The maximum Gasteiger partial charge on any atom is 0.320 e. The number of hydrogen-bond acceptors (Lipinski definition) is 5. The summed E-state index contributed by atoms with van der Waals surface area (Å²) in [7, 11) is 1.63. The van der Waals surface area contributed by atoms with Crippen LogP contribution in [0.25, 0.3) is 11.3 Å². The Morgan fingerprint density at radius 1 is 1.14 bits per heavy atom. The molecule has 9 heteroatoms. The number of anilines is 1. The highest BCUT2D eigenvalue weighted by Gasteiger charge is 2.40. The fraction of sp³-hybridized carbons (Fsp3) is 0.346. The van der Waals surface area contributed by atoms with E-state index in [0.717, 1.165) is 36.1 Å². The van der Waals surface area contributed by atoms with Gasteiger partial charge in [-0.2, -0.15) is 5.10 Å². The molecule has 1 aliphatic heterocycles. The fourth-order valence-electron chi connectivity index (χ4n) is 4.80. The normalized spacial score (nSPS) is 21.2. The van der Waals surface area contributed by atoms with Crippen molar-refractivity contribution in [2.75, 3.05) is 19.0 Å². The van der Waals surface area contributed by atoms with Gasteiger partial charge >= 0.3 is 6.03 Å². The van der Waals surface area contributed by atoms with Crippen molar-refractivity contribution in [3.8, 4) is 17.0 Å². The second-order valence-corrected chi connectivity index (χ2v) is 8.93. The first-order valence-electron chi connectivity index (χ1n) is 12.0. The van der Waals surface area contributed by atoms with Crippen LogP contribution in [0.2, 0.25) is 0 Å². The standard InChI is InChI=1S/C26H30N6O3/c1-35-19-12-10-17(11-13-19)14-15-27-26(34)29-23-16-22(18-6-3-2-4-7-18)31-32(23)25-28-21-9-5-8-20(21)24(33)30-25/h2-4,6-7,10-13,16,20-21,25,28H,5,8-9,14-15H2,1H3,(H,30,33)(H2,27,29,34). The van der Waals surface area contributed by atoms with E-state index in [1.54, 1.807) is 11.8 Å². The second-order valence-electron chi connectivity index (χ2n) is 8.93. The second kappa shape index (κ2) is 10.2. The third-order valence-corrected chi connectivity index (χ3v) is 6.65. The lowest BCUT2D eigenvalue weighted by atomic mass is 10.0. The lowest BCUT2D eigenvalue weighted by molar-refractivity contribution is -0.130. The van der Waals surface area contributed by atoms with Crippen molar-refractivity contribution in [1.29, 1.82) is 0 Å². The molecule has 1 saturated heterocycles. The van der Waals surface area contributed by atoms with Crippen LogP contribution in [-0.4, -0.2) is 41.4 Å². The number of urea groups is 1. The summed E-state index contributed by atoms with van der Waals surface area (Å²) in [5.74, 6) is 1.32.